The summed E-state index contributed by atoms with van der Waals surface area (Å²) in [5.74, 6) is 0.430. The zero-order valence-electron chi connectivity index (χ0n) is 13.3. The summed E-state index contributed by atoms with van der Waals surface area (Å²) in [4.78, 5) is 6.17. The third kappa shape index (κ3) is 4.53. The largest absolute Gasteiger partial charge is 0.307 e. The predicted octanol–water partition coefficient (Wildman–Crippen LogP) is 5.48. The number of hydrogen-bond acceptors (Lipinski definition) is 3. The summed E-state index contributed by atoms with van der Waals surface area (Å²) in [5, 5.41) is 5.39. The van der Waals surface area contributed by atoms with Crippen molar-refractivity contribution in [1.29, 1.82) is 0 Å². The monoisotopic (exact) mass is 322 g/mol. The Balaban J connectivity index is 2.30. The highest BCUT2D eigenvalue weighted by Crippen LogP contribution is 2.32. The fraction of sp³-hybridized carbons (Fsp3) is 0.471. The Morgan fingerprint density at radius 1 is 1.19 bits per heavy atom. The summed E-state index contributed by atoms with van der Waals surface area (Å²) in [7, 11) is 0. The molecule has 0 radical (unpaired) electrons. The van der Waals surface area contributed by atoms with Crippen LogP contribution in [0.5, 0.6) is 0 Å². The van der Waals surface area contributed by atoms with Gasteiger partial charge in [0, 0.05) is 27.5 Å². The van der Waals surface area contributed by atoms with Crippen LogP contribution in [0.25, 0.3) is 10.6 Å². The summed E-state index contributed by atoms with van der Waals surface area (Å²) in [6.07, 6.45) is 0. The Bertz CT molecular complexity index is 594. The molecule has 0 aliphatic carbocycles. The molecule has 1 N–H and O–H groups in total. The topological polar surface area (TPSA) is 24.9 Å². The summed E-state index contributed by atoms with van der Waals surface area (Å²) in [6, 6.07) is 7.90. The van der Waals surface area contributed by atoms with Crippen LogP contribution in [-0.4, -0.2) is 10.5 Å². The number of halogens is 1. The van der Waals surface area contributed by atoms with Crippen molar-refractivity contribution >= 4 is 22.9 Å². The lowest BCUT2D eigenvalue weighted by molar-refractivity contribution is 0.425. The molecule has 1 heterocycles. The molecule has 0 unspecified atom stereocenters. The molecule has 1 aromatic heterocycles. The normalized spacial score (nSPS) is 12.1. The molecule has 0 spiro atoms. The highest BCUT2D eigenvalue weighted by molar-refractivity contribution is 7.15. The second kappa shape index (κ2) is 6.47. The van der Waals surface area contributed by atoms with Gasteiger partial charge < -0.3 is 5.32 Å². The van der Waals surface area contributed by atoms with E-state index in [4.69, 9.17) is 16.6 Å². The van der Waals surface area contributed by atoms with Crippen molar-refractivity contribution in [1.82, 2.24) is 10.3 Å². The lowest BCUT2D eigenvalue weighted by atomic mass is 10.1. The smallest absolute Gasteiger partial charge is 0.123 e. The van der Waals surface area contributed by atoms with E-state index >= 15 is 0 Å². The van der Waals surface area contributed by atoms with Gasteiger partial charge in [-0.2, -0.15) is 0 Å². The average molecular weight is 323 g/mol. The summed E-state index contributed by atoms with van der Waals surface area (Å²) in [6.45, 7) is 11.8. The maximum atomic E-state index is 5.96. The van der Waals surface area contributed by atoms with Crippen LogP contribution in [-0.2, 0) is 6.54 Å². The van der Waals surface area contributed by atoms with E-state index in [-0.39, 0.29) is 5.54 Å². The van der Waals surface area contributed by atoms with E-state index in [1.165, 1.54) is 10.6 Å². The first kappa shape index (κ1) is 16.5. The first-order chi connectivity index (χ1) is 9.76. The van der Waals surface area contributed by atoms with E-state index in [0.29, 0.717) is 5.92 Å². The Hall–Kier alpha value is -0.900. The quantitative estimate of drug-likeness (QED) is 0.806. The van der Waals surface area contributed by atoms with Gasteiger partial charge in [-0.15, -0.1) is 11.3 Å². The van der Waals surface area contributed by atoms with Crippen molar-refractivity contribution in [3.63, 3.8) is 0 Å². The van der Waals surface area contributed by atoms with Gasteiger partial charge in [-0.25, -0.2) is 4.98 Å². The second-order valence-corrected chi connectivity index (χ2v) is 8.11. The molecule has 2 aromatic rings. The molecular weight excluding hydrogens is 300 g/mol. The zero-order valence-corrected chi connectivity index (χ0v) is 14.9. The third-order valence-corrected chi connectivity index (χ3v) is 4.52. The van der Waals surface area contributed by atoms with E-state index in [9.17, 15) is 0 Å². The second-order valence-electron chi connectivity index (χ2n) is 6.59. The van der Waals surface area contributed by atoms with Crippen LogP contribution in [0.3, 0.4) is 0 Å². The number of rotatable bonds is 4. The van der Waals surface area contributed by atoms with Gasteiger partial charge in [-0.3, -0.25) is 0 Å². The molecule has 2 rings (SSSR count). The van der Waals surface area contributed by atoms with Gasteiger partial charge in [0.25, 0.3) is 0 Å². The number of nitrogens with zero attached hydrogens (tertiary/aromatic N) is 1. The van der Waals surface area contributed by atoms with Crippen LogP contribution in [0.1, 0.15) is 51.1 Å². The summed E-state index contributed by atoms with van der Waals surface area (Å²) < 4.78 is 0. The fourth-order valence-electron chi connectivity index (χ4n) is 2.00. The first-order valence-electron chi connectivity index (χ1n) is 7.27. The molecule has 114 valence electrons. The molecule has 1 aromatic carbocycles. The predicted molar refractivity (Wildman–Crippen MR) is 93.2 cm³/mol. The number of hydrogen-bond donors (Lipinski definition) is 1. The maximum absolute atomic E-state index is 5.96. The summed E-state index contributed by atoms with van der Waals surface area (Å²) in [5.41, 5.74) is 2.44. The zero-order chi connectivity index (χ0) is 15.6. The molecule has 0 atom stereocenters. The van der Waals surface area contributed by atoms with Crippen molar-refractivity contribution in [2.45, 2.75) is 52.6 Å². The van der Waals surface area contributed by atoms with Gasteiger partial charge in [-0.1, -0.05) is 37.6 Å². The molecule has 0 saturated heterocycles. The van der Waals surface area contributed by atoms with Crippen molar-refractivity contribution in [2.24, 2.45) is 0 Å². The lowest BCUT2D eigenvalue weighted by Crippen LogP contribution is -2.35. The molecular formula is C17H23ClN2S. The van der Waals surface area contributed by atoms with Crippen molar-refractivity contribution < 1.29 is 0 Å². The molecule has 4 heteroatoms. The minimum absolute atomic E-state index is 0.110. The molecule has 0 saturated carbocycles. The van der Waals surface area contributed by atoms with Gasteiger partial charge in [0.15, 0.2) is 0 Å². The van der Waals surface area contributed by atoms with Crippen LogP contribution in [0.15, 0.2) is 24.3 Å². The van der Waals surface area contributed by atoms with Crippen LogP contribution in [0, 0.1) is 0 Å². The highest BCUT2D eigenvalue weighted by atomic mass is 35.5. The van der Waals surface area contributed by atoms with Crippen molar-refractivity contribution in [2.75, 3.05) is 0 Å². The van der Waals surface area contributed by atoms with Gasteiger partial charge in [0.05, 0.1) is 5.69 Å². The van der Waals surface area contributed by atoms with Crippen LogP contribution < -0.4 is 5.32 Å². The third-order valence-electron chi connectivity index (χ3n) is 3.14. The minimum Gasteiger partial charge on any atom is -0.307 e. The van der Waals surface area contributed by atoms with E-state index in [0.717, 1.165) is 22.1 Å². The molecule has 2 nitrogen and oxygen atoms in total. The van der Waals surface area contributed by atoms with E-state index < -0.39 is 0 Å². The van der Waals surface area contributed by atoms with Gasteiger partial charge in [-0.05, 0) is 38.8 Å². The molecule has 0 aliphatic heterocycles. The summed E-state index contributed by atoms with van der Waals surface area (Å²) >= 11 is 7.73. The first-order valence-corrected chi connectivity index (χ1v) is 8.46. The Kier molecular flexibility index (Phi) is 5.07. The number of benzene rings is 1. The maximum Gasteiger partial charge on any atom is 0.123 e. The number of aromatic nitrogens is 1. The standard InChI is InChI=1S/C17H23ClN2S/c1-11(2)15-14(10-19-17(3,4)5)21-16(20-15)12-6-8-13(18)9-7-12/h6-9,11,19H,10H2,1-5H3. The molecule has 0 amide bonds. The van der Waals surface area contributed by atoms with E-state index in [1.807, 2.05) is 24.3 Å². The molecule has 0 fully saturated rings. The molecule has 0 aliphatic rings. The average Bonchev–Trinajstić information content (AvgIpc) is 2.81. The van der Waals surface area contributed by atoms with Crippen molar-refractivity contribution in [3.05, 3.63) is 39.9 Å². The Labute approximate surface area is 136 Å². The highest BCUT2D eigenvalue weighted by Gasteiger charge is 2.17. The van der Waals surface area contributed by atoms with Gasteiger partial charge >= 0.3 is 0 Å². The van der Waals surface area contributed by atoms with Crippen molar-refractivity contribution in [3.8, 4) is 10.6 Å². The van der Waals surface area contributed by atoms with Gasteiger partial charge in [0.1, 0.15) is 5.01 Å². The van der Waals surface area contributed by atoms with E-state index in [2.05, 4.69) is 39.9 Å². The molecule has 21 heavy (non-hydrogen) atoms. The fourth-order valence-corrected chi connectivity index (χ4v) is 3.29. The van der Waals surface area contributed by atoms with E-state index in [1.54, 1.807) is 11.3 Å². The van der Waals surface area contributed by atoms with Gasteiger partial charge in [0.2, 0.25) is 0 Å². The SMILES string of the molecule is CC(C)c1nc(-c2ccc(Cl)cc2)sc1CNC(C)(C)C. The Morgan fingerprint density at radius 3 is 2.33 bits per heavy atom. The van der Waals surface area contributed by atoms with Crippen LogP contribution in [0.4, 0.5) is 0 Å². The van der Waals surface area contributed by atoms with Crippen LogP contribution in [0.2, 0.25) is 5.02 Å². The number of nitrogens with one attached hydrogen (secondary N) is 1. The minimum atomic E-state index is 0.110. The lowest BCUT2D eigenvalue weighted by Gasteiger charge is -2.20. The Morgan fingerprint density at radius 2 is 1.81 bits per heavy atom. The molecule has 0 bridgehead atoms. The van der Waals surface area contributed by atoms with Crippen LogP contribution >= 0.6 is 22.9 Å². The number of thiazole rings is 1.